The number of amides is 1. The zero-order valence-electron chi connectivity index (χ0n) is 19.5. The third-order valence-electron chi connectivity index (χ3n) is 7.03. The van der Waals surface area contributed by atoms with E-state index in [0.717, 1.165) is 36.8 Å². The molecule has 0 N–H and O–H groups in total. The lowest BCUT2D eigenvalue weighted by Gasteiger charge is -2.55. The highest BCUT2D eigenvalue weighted by atomic mass is 16.6. The van der Waals surface area contributed by atoms with E-state index in [1.165, 1.54) is 0 Å². The van der Waals surface area contributed by atoms with Crippen LogP contribution in [0.1, 0.15) is 67.1 Å². The molecular weight excluding hydrogens is 418 g/mol. The van der Waals surface area contributed by atoms with Crippen LogP contribution in [0.5, 0.6) is 0 Å². The minimum absolute atomic E-state index is 0.0939. The molecule has 0 radical (unpaired) electrons. The summed E-state index contributed by atoms with van der Waals surface area (Å²) >= 11 is 0. The van der Waals surface area contributed by atoms with Gasteiger partial charge in [-0.25, -0.2) is 9.59 Å². The van der Waals surface area contributed by atoms with E-state index in [1.54, 1.807) is 19.1 Å². The van der Waals surface area contributed by atoms with E-state index in [4.69, 9.17) is 14.2 Å². The Labute approximate surface area is 195 Å². The van der Waals surface area contributed by atoms with Crippen molar-refractivity contribution in [3.63, 3.8) is 0 Å². The van der Waals surface area contributed by atoms with Gasteiger partial charge in [0.1, 0.15) is 6.61 Å². The highest BCUT2D eigenvalue weighted by Crippen LogP contribution is 2.55. The molecule has 4 rings (SSSR count). The molecule has 1 spiro atoms. The topological polar surface area (TPSA) is 65.1 Å². The minimum atomic E-state index is -0.335. The van der Waals surface area contributed by atoms with Gasteiger partial charge in [-0.15, -0.1) is 0 Å². The van der Waals surface area contributed by atoms with E-state index in [0.29, 0.717) is 25.3 Å². The van der Waals surface area contributed by atoms with Gasteiger partial charge in [0.15, 0.2) is 0 Å². The Hall–Kier alpha value is -2.86. The summed E-state index contributed by atoms with van der Waals surface area (Å²) in [4.78, 5) is 27.1. The fourth-order valence-corrected chi connectivity index (χ4v) is 5.12. The van der Waals surface area contributed by atoms with Crippen molar-refractivity contribution in [2.24, 2.45) is 5.41 Å². The molecule has 1 aliphatic carbocycles. The van der Waals surface area contributed by atoms with Gasteiger partial charge in [-0.2, -0.15) is 0 Å². The lowest BCUT2D eigenvalue weighted by molar-refractivity contribution is -0.142. The molecule has 6 nitrogen and oxygen atoms in total. The van der Waals surface area contributed by atoms with E-state index < -0.39 is 0 Å². The number of likely N-dealkylation sites (tertiary alicyclic amines) is 1. The number of carbonyl (C=O) groups excluding carboxylic acids is 2. The summed E-state index contributed by atoms with van der Waals surface area (Å²) in [6.07, 6.45) is 3.86. The Kier molecular flexibility index (Phi) is 7.33. The lowest BCUT2D eigenvalue weighted by atomic mass is 9.58. The molecule has 2 fully saturated rings. The number of benzene rings is 2. The normalized spacial score (nSPS) is 24.2. The predicted octanol–water partition coefficient (Wildman–Crippen LogP) is 5.52. The molecule has 1 saturated heterocycles. The zero-order valence-corrected chi connectivity index (χ0v) is 19.5. The van der Waals surface area contributed by atoms with Crippen LogP contribution in [0.4, 0.5) is 4.79 Å². The Morgan fingerprint density at radius 1 is 0.970 bits per heavy atom. The van der Waals surface area contributed by atoms with Gasteiger partial charge in [0.2, 0.25) is 0 Å². The van der Waals surface area contributed by atoms with Crippen LogP contribution in [0.3, 0.4) is 0 Å². The van der Waals surface area contributed by atoms with Crippen molar-refractivity contribution < 1.29 is 23.8 Å². The molecule has 2 aromatic carbocycles. The monoisotopic (exact) mass is 451 g/mol. The first-order valence-corrected chi connectivity index (χ1v) is 11.9. The molecule has 3 unspecified atom stereocenters. The molecule has 33 heavy (non-hydrogen) atoms. The van der Waals surface area contributed by atoms with Gasteiger partial charge < -0.3 is 19.1 Å². The van der Waals surface area contributed by atoms with Crippen molar-refractivity contribution >= 4 is 12.1 Å². The first kappa shape index (κ1) is 23.3. The Morgan fingerprint density at radius 2 is 1.73 bits per heavy atom. The Balaban J connectivity index is 1.53. The molecule has 6 heteroatoms. The molecule has 0 bridgehead atoms. The van der Waals surface area contributed by atoms with Crippen molar-refractivity contribution in [1.82, 2.24) is 4.90 Å². The molecule has 1 saturated carbocycles. The quantitative estimate of drug-likeness (QED) is 0.519. The van der Waals surface area contributed by atoms with Crippen molar-refractivity contribution in [2.75, 3.05) is 19.8 Å². The molecule has 1 heterocycles. The highest BCUT2D eigenvalue weighted by Gasteiger charge is 2.52. The average Bonchev–Trinajstić information content (AvgIpc) is 2.85. The largest absolute Gasteiger partial charge is 0.462 e. The first-order chi connectivity index (χ1) is 16.1. The van der Waals surface area contributed by atoms with Crippen LogP contribution in [-0.4, -0.2) is 42.8 Å². The molecular formula is C27H33NO5. The van der Waals surface area contributed by atoms with E-state index in [1.807, 2.05) is 54.3 Å². The molecule has 3 atom stereocenters. The Bertz CT molecular complexity index is 945. The molecule has 176 valence electrons. The average molecular weight is 452 g/mol. The Morgan fingerprint density at radius 3 is 2.36 bits per heavy atom. The predicted molar refractivity (Wildman–Crippen MR) is 125 cm³/mol. The number of nitrogens with zero attached hydrogens (tertiary/aromatic N) is 1. The van der Waals surface area contributed by atoms with E-state index in [9.17, 15) is 9.59 Å². The number of rotatable bonds is 7. The fourth-order valence-electron chi connectivity index (χ4n) is 5.12. The van der Waals surface area contributed by atoms with Gasteiger partial charge in [-0.1, -0.05) is 42.5 Å². The van der Waals surface area contributed by atoms with Crippen LogP contribution < -0.4 is 0 Å². The van der Waals surface area contributed by atoms with E-state index in [-0.39, 0.29) is 36.2 Å². The second kappa shape index (κ2) is 10.4. The molecule has 0 aromatic heterocycles. The summed E-state index contributed by atoms with van der Waals surface area (Å²) in [6.45, 7) is 5.74. The summed E-state index contributed by atoms with van der Waals surface area (Å²) in [6, 6.07) is 17.0. The van der Waals surface area contributed by atoms with Crippen LogP contribution in [0.25, 0.3) is 0 Å². The maximum atomic E-state index is 13.1. The summed E-state index contributed by atoms with van der Waals surface area (Å²) in [5, 5.41) is 0. The number of carbonyl (C=O) groups is 2. The van der Waals surface area contributed by atoms with Gasteiger partial charge in [0.05, 0.1) is 24.3 Å². The van der Waals surface area contributed by atoms with Crippen LogP contribution in [0, 0.1) is 5.41 Å². The minimum Gasteiger partial charge on any atom is -0.462 e. The zero-order chi connectivity index (χ0) is 23.3. The van der Waals surface area contributed by atoms with E-state index >= 15 is 0 Å². The third-order valence-corrected chi connectivity index (χ3v) is 7.03. The summed E-state index contributed by atoms with van der Waals surface area (Å²) < 4.78 is 16.8. The van der Waals surface area contributed by atoms with Crippen LogP contribution in [0.15, 0.2) is 54.6 Å². The van der Waals surface area contributed by atoms with Gasteiger partial charge in [-0.3, -0.25) is 0 Å². The van der Waals surface area contributed by atoms with Crippen LogP contribution >= 0.6 is 0 Å². The molecule has 2 aliphatic rings. The first-order valence-electron chi connectivity index (χ1n) is 11.9. The molecule has 1 aliphatic heterocycles. The lowest BCUT2D eigenvalue weighted by Crippen LogP contribution is -2.55. The second-order valence-corrected chi connectivity index (χ2v) is 8.89. The summed E-state index contributed by atoms with van der Waals surface area (Å²) in [7, 11) is 0. The van der Waals surface area contributed by atoms with E-state index in [2.05, 4.69) is 0 Å². The van der Waals surface area contributed by atoms with Crippen molar-refractivity contribution in [1.29, 1.82) is 0 Å². The van der Waals surface area contributed by atoms with Crippen molar-refractivity contribution in [2.45, 2.75) is 58.3 Å². The second-order valence-electron chi connectivity index (χ2n) is 8.89. The van der Waals surface area contributed by atoms with Gasteiger partial charge in [0.25, 0.3) is 0 Å². The maximum absolute atomic E-state index is 13.1. The van der Waals surface area contributed by atoms with Gasteiger partial charge >= 0.3 is 12.1 Å². The number of ether oxygens (including phenoxy) is 3. The number of esters is 1. The fraction of sp³-hybridized carbons (Fsp3) is 0.481. The standard InChI is InChI=1S/C27H33NO5/c1-3-31-24-14-15-27(24)16-17-28(26(30)33-19-20-8-6-5-7-9-20)23(18-27)21-10-12-22(13-11-21)25(29)32-4-2/h5-13,23-24H,3-4,14-19H2,1-2H3. The van der Waals surface area contributed by atoms with Crippen LogP contribution in [0.2, 0.25) is 0 Å². The van der Waals surface area contributed by atoms with Gasteiger partial charge in [0, 0.05) is 18.6 Å². The summed E-state index contributed by atoms with van der Waals surface area (Å²) in [5.74, 6) is -0.335. The molecule has 1 amide bonds. The van der Waals surface area contributed by atoms with Crippen molar-refractivity contribution in [3.05, 3.63) is 71.3 Å². The number of piperidine rings is 1. The van der Waals surface area contributed by atoms with Crippen molar-refractivity contribution in [3.8, 4) is 0 Å². The molecule has 2 aromatic rings. The van der Waals surface area contributed by atoms with Crippen LogP contribution in [-0.2, 0) is 20.8 Å². The number of hydrogen-bond donors (Lipinski definition) is 0. The summed E-state index contributed by atoms with van der Waals surface area (Å²) in [5.41, 5.74) is 2.57. The smallest absolute Gasteiger partial charge is 0.410 e. The third kappa shape index (κ3) is 5.06. The number of hydrogen-bond acceptors (Lipinski definition) is 5. The highest BCUT2D eigenvalue weighted by molar-refractivity contribution is 5.89. The maximum Gasteiger partial charge on any atom is 0.410 e. The van der Waals surface area contributed by atoms with Gasteiger partial charge in [-0.05, 0) is 62.8 Å². The SMILES string of the molecule is CCOC(=O)c1ccc(C2CC3(CCC3OCC)CCN2C(=O)OCc2ccccc2)cc1.